The summed E-state index contributed by atoms with van der Waals surface area (Å²) in [5, 5.41) is 9.08. The van der Waals surface area contributed by atoms with Gasteiger partial charge in [0.25, 0.3) is 0 Å². The van der Waals surface area contributed by atoms with Crippen LogP contribution in [-0.2, 0) is 0 Å². The normalized spacial score (nSPS) is 29.3. The van der Waals surface area contributed by atoms with Crippen LogP contribution in [0.4, 0.5) is 0 Å². The van der Waals surface area contributed by atoms with Gasteiger partial charge in [-0.05, 0) is 12.7 Å². The van der Waals surface area contributed by atoms with Gasteiger partial charge in [0.15, 0.2) is 0 Å². The Hall–Kier alpha value is 0.270. The first kappa shape index (κ1) is 7.38. The predicted molar refractivity (Wildman–Crippen MR) is 40.6 cm³/mol. The van der Waals surface area contributed by atoms with Gasteiger partial charge in [-0.3, -0.25) is 4.90 Å². The number of β-amino-alcohol motifs (C(OH)–C–C–N with tert-alkyl or cyclic N) is 1. The molecule has 3 heteroatoms. The quantitative estimate of drug-likeness (QED) is 0.610. The van der Waals surface area contributed by atoms with Crippen LogP contribution in [0.25, 0.3) is 0 Å². The van der Waals surface area contributed by atoms with Crippen molar-refractivity contribution in [2.75, 3.05) is 25.2 Å². The highest BCUT2D eigenvalue weighted by molar-refractivity contribution is 7.98. The van der Waals surface area contributed by atoms with Crippen LogP contribution in [0, 0.1) is 0 Å². The zero-order valence-corrected chi connectivity index (χ0v) is 6.52. The van der Waals surface area contributed by atoms with Crippen LogP contribution in [0.1, 0.15) is 6.42 Å². The maximum atomic E-state index is 9.08. The summed E-state index contributed by atoms with van der Waals surface area (Å²) in [5.41, 5.74) is 0. The van der Waals surface area contributed by atoms with Crippen LogP contribution >= 0.6 is 11.8 Å². The summed E-state index contributed by atoms with van der Waals surface area (Å²) in [6.45, 7) is 1.95. The number of aliphatic hydroxyl groups excluding tert-OH is 1. The Morgan fingerprint density at radius 1 is 1.78 bits per heavy atom. The van der Waals surface area contributed by atoms with E-state index < -0.39 is 0 Å². The van der Waals surface area contributed by atoms with E-state index in [1.807, 2.05) is 11.8 Å². The summed E-state index contributed by atoms with van der Waals surface area (Å²) in [5.74, 6) is 1.07. The molecule has 1 unspecified atom stereocenters. The number of hydrogen-bond acceptors (Lipinski definition) is 3. The lowest BCUT2D eigenvalue weighted by molar-refractivity contribution is 0.181. The Labute approximate surface area is 60.2 Å². The molecule has 0 bridgehead atoms. The Kier molecular flexibility index (Phi) is 2.82. The van der Waals surface area contributed by atoms with Crippen LogP contribution in [-0.4, -0.2) is 41.3 Å². The van der Waals surface area contributed by atoms with Gasteiger partial charge >= 0.3 is 0 Å². The van der Waals surface area contributed by atoms with Crippen molar-refractivity contribution in [1.82, 2.24) is 4.90 Å². The third-order valence-electron chi connectivity index (χ3n) is 1.56. The third kappa shape index (κ3) is 2.16. The van der Waals surface area contributed by atoms with Crippen LogP contribution in [0.3, 0.4) is 0 Å². The highest BCUT2D eigenvalue weighted by Gasteiger charge is 2.18. The fourth-order valence-corrected chi connectivity index (χ4v) is 1.71. The lowest BCUT2D eigenvalue weighted by atomic mass is 10.3. The van der Waals surface area contributed by atoms with Gasteiger partial charge in [0.2, 0.25) is 0 Å². The summed E-state index contributed by atoms with van der Waals surface area (Å²) in [6, 6.07) is 0. The van der Waals surface area contributed by atoms with E-state index in [2.05, 4.69) is 11.2 Å². The molecule has 1 atom stereocenters. The molecule has 0 amide bonds. The average Bonchev–Trinajstić information content (AvgIpc) is 2.17. The second-order valence-electron chi connectivity index (χ2n) is 2.44. The molecule has 0 aromatic heterocycles. The molecule has 0 saturated carbocycles. The van der Waals surface area contributed by atoms with Crippen LogP contribution in [0.5, 0.6) is 0 Å². The predicted octanol–water partition coefficient (Wildman–Crippen LogP) is 0.373. The monoisotopic (exact) mass is 147 g/mol. The summed E-state index contributed by atoms with van der Waals surface area (Å²) in [4.78, 5) is 2.27. The molecule has 54 valence electrons. The van der Waals surface area contributed by atoms with E-state index in [0.717, 1.165) is 25.4 Å². The SMILES string of the molecule is CSCN1CCC(O)C1. The summed E-state index contributed by atoms with van der Waals surface area (Å²) in [6.07, 6.45) is 2.99. The van der Waals surface area contributed by atoms with Gasteiger partial charge < -0.3 is 5.11 Å². The van der Waals surface area contributed by atoms with Crippen molar-refractivity contribution in [2.24, 2.45) is 0 Å². The van der Waals surface area contributed by atoms with Crippen molar-refractivity contribution >= 4 is 11.8 Å². The van der Waals surface area contributed by atoms with Crippen molar-refractivity contribution in [3.63, 3.8) is 0 Å². The lowest BCUT2D eigenvalue weighted by Gasteiger charge is -2.11. The molecular weight excluding hydrogens is 134 g/mol. The van der Waals surface area contributed by atoms with Crippen molar-refractivity contribution in [3.8, 4) is 0 Å². The van der Waals surface area contributed by atoms with Gasteiger partial charge in [-0.25, -0.2) is 0 Å². The Morgan fingerprint density at radius 2 is 2.56 bits per heavy atom. The van der Waals surface area contributed by atoms with Gasteiger partial charge in [0, 0.05) is 19.0 Å². The van der Waals surface area contributed by atoms with Crippen molar-refractivity contribution in [2.45, 2.75) is 12.5 Å². The molecule has 0 aromatic carbocycles. The number of rotatable bonds is 2. The second-order valence-corrected chi connectivity index (χ2v) is 3.27. The summed E-state index contributed by atoms with van der Waals surface area (Å²) in [7, 11) is 0. The van der Waals surface area contributed by atoms with Crippen molar-refractivity contribution < 1.29 is 5.11 Å². The van der Waals surface area contributed by atoms with Gasteiger partial charge in [0.05, 0.1) is 6.10 Å². The third-order valence-corrected chi connectivity index (χ3v) is 2.18. The van der Waals surface area contributed by atoms with Gasteiger partial charge in [0.1, 0.15) is 0 Å². The maximum Gasteiger partial charge on any atom is 0.0679 e. The maximum absolute atomic E-state index is 9.08. The highest BCUT2D eigenvalue weighted by atomic mass is 32.2. The highest BCUT2D eigenvalue weighted by Crippen LogP contribution is 2.10. The van der Waals surface area contributed by atoms with E-state index in [1.54, 1.807) is 0 Å². The molecule has 1 aliphatic heterocycles. The smallest absolute Gasteiger partial charge is 0.0679 e. The summed E-state index contributed by atoms with van der Waals surface area (Å²) < 4.78 is 0. The van der Waals surface area contributed by atoms with E-state index in [9.17, 15) is 0 Å². The van der Waals surface area contributed by atoms with E-state index >= 15 is 0 Å². The van der Waals surface area contributed by atoms with Gasteiger partial charge in [-0.1, -0.05) is 0 Å². The Balaban J connectivity index is 2.14. The zero-order valence-electron chi connectivity index (χ0n) is 5.71. The minimum atomic E-state index is -0.0582. The molecule has 1 heterocycles. The molecule has 1 saturated heterocycles. The topological polar surface area (TPSA) is 23.5 Å². The fraction of sp³-hybridized carbons (Fsp3) is 1.00. The number of nitrogens with zero attached hydrogens (tertiary/aromatic N) is 1. The lowest BCUT2D eigenvalue weighted by Crippen LogP contribution is -2.20. The van der Waals surface area contributed by atoms with E-state index in [-0.39, 0.29) is 6.10 Å². The number of likely N-dealkylation sites (tertiary alicyclic amines) is 1. The minimum absolute atomic E-state index is 0.0582. The molecule has 1 rings (SSSR count). The van der Waals surface area contributed by atoms with Crippen LogP contribution < -0.4 is 0 Å². The molecule has 2 nitrogen and oxygen atoms in total. The molecule has 9 heavy (non-hydrogen) atoms. The molecule has 0 radical (unpaired) electrons. The largest absolute Gasteiger partial charge is 0.392 e. The Bertz CT molecular complexity index is 87.1. The fourth-order valence-electron chi connectivity index (χ4n) is 1.11. The van der Waals surface area contributed by atoms with E-state index in [0.29, 0.717) is 0 Å². The molecule has 0 aliphatic carbocycles. The first-order chi connectivity index (χ1) is 4.33. The molecule has 0 spiro atoms. The van der Waals surface area contributed by atoms with Gasteiger partial charge in [-0.2, -0.15) is 0 Å². The van der Waals surface area contributed by atoms with Crippen molar-refractivity contribution in [3.05, 3.63) is 0 Å². The number of hydrogen-bond donors (Lipinski definition) is 1. The first-order valence-corrected chi connectivity index (χ1v) is 4.61. The van der Waals surface area contributed by atoms with Crippen LogP contribution in [0.15, 0.2) is 0 Å². The molecule has 1 aliphatic rings. The standard InChI is InChI=1S/C6H13NOS/c1-9-5-7-3-2-6(8)4-7/h6,8H,2-5H2,1H3. The van der Waals surface area contributed by atoms with E-state index in [4.69, 9.17) is 5.11 Å². The molecule has 1 fully saturated rings. The van der Waals surface area contributed by atoms with Gasteiger partial charge in [-0.15, -0.1) is 11.8 Å². The number of aliphatic hydroxyl groups is 1. The molecule has 0 aromatic rings. The number of thioether (sulfide) groups is 1. The first-order valence-electron chi connectivity index (χ1n) is 3.22. The average molecular weight is 147 g/mol. The van der Waals surface area contributed by atoms with Crippen molar-refractivity contribution in [1.29, 1.82) is 0 Å². The molecular formula is C6H13NOS. The molecule has 1 N–H and O–H groups in total. The Morgan fingerprint density at radius 3 is 3.00 bits per heavy atom. The minimum Gasteiger partial charge on any atom is -0.392 e. The van der Waals surface area contributed by atoms with Crippen LogP contribution in [0.2, 0.25) is 0 Å². The van der Waals surface area contributed by atoms with E-state index in [1.165, 1.54) is 0 Å². The second kappa shape index (κ2) is 3.44. The zero-order chi connectivity index (χ0) is 6.69. The summed E-state index contributed by atoms with van der Waals surface area (Å²) >= 11 is 1.82.